The minimum atomic E-state index is -0.0811. The zero-order valence-electron chi connectivity index (χ0n) is 15.6. The quantitative estimate of drug-likeness (QED) is 0.749. The van der Waals surface area contributed by atoms with Gasteiger partial charge in [0.1, 0.15) is 11.5 Å². The number of ether oxygens (including phenoxy) is 1. The average molecular weight is 361 g/mol. The molecule has 0 aromatic heterocycles. The van der Waals surface area contributed by atoms with E-state index in [4.69, 9.17) is 4.74 Å². The van der Waals surface area contributed by atoms with E-state index >= 15 is 0 Å². The van der Waals surface area contributed by atoms with Crippen LogP contribution in [-0.2, 0) is 9.59 Å². The van der Waals surface area contributed by atoms with Crippen LogP contribution in [0.15, 0.2) is 42.5 Å². The van der Waals surface area contributed by atoms with Crippen LogP contribution in [0.1, 0.15) is 30.4 Å². The molecule has 4 heteroatoms. The molecule has 2 amide bonds. The summed E-state index contributed by atoms with van der Waals surface area (Å²) >= 11 is 0. The second-order valence-corrected chi connectivity index (χ2v) is 8.32. The summed E-state index contributed by atoms with van der Waals surface area (Å²) in [5.41, 5.74) is 2.96. The highest BCUT2D eigenvalue weighted by molar-refractivity contribution is 6.22. The summed E-state index contributed by atoms with van der Waals surface area (Å²) in [7, 11) is 0. The Morgan fingerprint density at radius 3 is 1.93 bits per heavy atom. The van der Waals surface area contributed by atoms with E-state index in [0.717, 1.165) is 36.1 Å². The molecular weight excluding hydrogens is 338 g/mol. The molecule has 1 saturated heterocycles. The summed E-state index contributed by atoms with van der Waals surface area (Å²) in [6.07, 6.45) is 3.26. The van der Waals surface area contributed by atoms with Gasteiger partial charge in [-0.3, -0.25) is 14.5 Å². The number of rotatable bonds is 3. The largest absolute Gasteiger partial charge is 0.457 e. The maximum absolute atomic E-state index is 12.9. The van der Waals surface area contributed by atoms with Crippen LogP contribution in [0.2, 0.25) is 0 Å². The fraction of sp³-hybridized carbons (Fsp3) is 0.391. The van der Waals surface area contributed by atoms with E-state index in [0.29, 0.717) is 23.3 Å². The Hall–Kier alpha value is -2.62. The molecule has 2 saturated carbocycles. The molecule has 3 aliphatic rings. The molecule has 4 atom stereocenters. The number of hydrogen-bond acceptors (Lipinski definition) is 3. The molecule has 2 aromatic carbocycles. The summed E-state index contributed by atoms with van der Waals surface area (Å²) in [4.78, 5) is 27.2. The monoisotopic (exact) mass is 361 g/mol. The SMILES string of the molecule is Cc1cc(C)cc(Oc2ccc(N3C(=O)[C@H]4[C@H]5CC[C@@H](C5)[C@@H]4C3=O)cc2)c1. The van der Waals surface area contributed by atoms with Gasteiger partial charge in [-0.1, -0.05) is 6.07 Å². The van der Waals surface area contributed by atoms with Gasteiger partial charge in [0.25, 0.3) is 0 Å². The molecule has 138 valence electrons. The maximum Gasteiger partial charge on any atom is 0.237 e. The van der Waals surface area contributed by atoms with Crippen LogP contribution in [0.3, 0.4) is 0 Å². The Balaban J connectivity index is 1.38. The summed E-state index contributed by atoms with van der Waals surface area (Å²) in [6.45, 7) is 4.08. The Morgan fingerprint density at radius 1 is 0.815 bits per heavy atom. The molecule has 3 fully saturated rings. The number of aryl methyl sites for hydroxylation is 2. The molecule has 0 unspecified atom stereocenters. The van der Waals surface area contributed by atoms with Crippen LogP contribution < -0.4 is 9.64 Å². The van der Waals surface area contributed by atoms with Gasteiger partial charge in [0.15, 0.2) is 0 Å². The van der Waals surface area contributed by atoms with Crippen molar-refractivity contribution < 1.29 is 14.3 Å². The first kappa shape index (κ1) is 16.5. The van der Waals surface area contributed by atoms with E-state index in [1.54, 1.807) is 0 Å². The van der Waals surface area contributed by atoms with E-state index in [2.05, 4.69) is 6.07 Å². The Kier molecular flexibility index (Phi) is 3.64. The Labute approximate surface area is 159 Å². The summed E-state index contributed by atoms with van der Waals surface area (Å²) in [5, 5.41) is 0. The first-order valence-electron chi connectivity index (χ1n) is 9.75. The lowest BCUT2D eigenvalue weighted by atomic mass is 9.81. The smallest absolute Gasteiger partial charge is 0.237 e. The minimum Gasteiger partial charge on any atom is -0.457 e. The number of hydrogen-bond donors (Lipinski definition) is 0. The molecule has 2 aliphatic carbocycles. The van der Waals surface area contributed by atoms with Crippen LogP contribution in [0, 0.1) is 37.5 Å². The van der Waals surface area contributed by atoms with Crippen molar-refractivity contribution in [2.45, 2.75) is 33.1 Å². The molecule has 2 aromatic rings. The van der Waals surface area contributed by atoms with Gasteiger partial charge < -0.3 is 4.74 Å². The van der Waals surface area contributed by atoms with Crippen molar-refractivity contribution in [1.29, 1.82) is 0 Å². The highest BCUT2D eigenvalue weighted by Crippen LogP contribution is 2.56. The van der Waals surface area contributed by atoms with Crippen molar-refractivity contribution in [3.05, 3.63) is 53.6 Å². The van der Waals surface area contributed by atoms with Crippen LogP contribution in [-0.4, -0.2) is 11.8 Å². The highest BCUT2D eigenvalue weighted by atomic mass is 16.5. The van der Waals surface area contributed by atoms with Crippen LogP contribution in [0.25, 0.3) is 0 Å². The third-order valence-electron chi connectivity index (χ3n) is 6.45. The first-order chi connectivity index (χ1) is 13.0. The van der Waals surface area contributed by atoms with E-state index in [1.165, 1.54) is 4.90 Å². The highest BCUT2D eigenvalue weighted by Gasteiger charge is 2.61. The standard InChI is InChI=1S/C23H23NO3/c1-13-9-14(2)11-19(10-13)27-18-7-5-17(6-8-18)24-22(25)20-15-3-4-16(12-15)21(20)23(24)26/h5-11,15-16,20-21H,3-4,12H2,1-2H3/t15-,16-,20-,21-/m0/s1. The van der Waals surface area contributed by atoms with Crippen LogP contribution in [0.4, 0.5) is 5.69 Å². The van der Waals surface area contributed by atoms with Gasteiger partial charge in [0, 0.05) is 0 Å². The second-order valence-electron chi connectivity index (χ2n) is 8.32. The number of imide groups is 1. The molecule has 1 aliphatic heterocycles. The van der Waals surface area contributed by atoms with E-state index in [-0.39, 0.29) is 23.7 Å². The van der Waals surface area contributed by atoms with Gasteiger partial charge in [0.2, 0.25) is 11.8 Å². The summed E-state index contributed by atoms with van der Waals surface area (Å²) in [5.74, 6) is 2.15. The summed E-state index contributed by atoms with van der Waals surface area (Å²) < 4.78 is 5.94. The maximum atomic E-state index is 12.9. The van der Waals surface area contributed by atoms with E-state index in [1.807, 2.05) is 50.2 Å². The van der Waals surface area contributed by atoms with Gasteiger partial charge >= 0.3 is 0 Å². The fourth-order valence-electron chi connectivity index (χ4n) is 5.45. The minimum absolute atomic E-state index is 0.000164. The number of carbonyl (C=O) groups is 2. The average Bonchev–Trinajstić information content (AvgIpc) is 3.29. The van der Waals surface area contributed by atoms with Crippen molar-refractivity contribution in [2.75, 3.05) is 4.90 Å². The number of anilines is 1. The second kappa shape index (κ2) is 5.95. The van der Waals surface area contributed by atoms with Gasteiger partial charge in [0.05, 0.1) is 17.5 Å². The van der Waals surface area contributed by atoms with Gasteiger partial charge in [-0.05, 0) is 92.5 Å². The van der Waals surface area contributed by atoms with Gasteiger partial charge in [-0.25, -0.2) is 0 Å². The normalized spacial score (nSPS) is 28.7. The lowest BCUT2D eigenvalue weighted by Crippen LogP contribution is -2.32. The number of nitrogens with zero attached hydrogens (tertiary/aromatic N) is 1. The molecule has 5 rings (SSSR count). The lowest BCUT2D eigenvalue weighted by molar-refractivity contribution is -0.123. The molecule has 4 nitrogen and oxygen atoms in total. The lowest BCUT2D eigenvalue weighted by Gasteiger charge is -2.19. The Morgan fingerprint density at radius 2 is 1.37 bits per heavy atom. The van der Waals surface area contributed by atoms with Crippen LogP contribution >= 0.6 is 0 Å². The van der Waals surface area contributed by atoms with Crippen LogP contribution in [0.5, 0.6) is 11.5 Å². The van der Waals surface area contributed by atoms with Crippen molar-refractivity contribution >= 4 is 17.5 Å². The van der Waals surface area contributed by atoms with Crippen molar-refractivity contribution in [3.8, 4) is 11.5 Å². The number of amides is 2. The van der Waals surface area contributed by atoms with Crippen molar-refractivity contribution in [1.82, 2.24) is 0 Å². The van der Waals surface area contributed by atoms with E-state index in [9.17, 15) is 9.59 Å². The van der Waals surface area contributed by atoms with Gasteiger partial charge in [-0.15, -0.1) is 0 Å². The molecule has 2 bridgehead atoms. The molecule has 27 heavy (non-hydrogen) atoms. The zero-order chi connectivity index (χ0) is 18.7. The third kappa shape index (κ3) is 2.58. The van der Waals surface area contributed by atoms with Crippen molar-refractivity contribution in [3.63, 3.8) is 0 Å². The topological polar surface area (TPSA) is 46.6 Å². The van der Waals surface area contributed by atoms with Crippen molar-refractivity contribution in [2.24, 2.45) is 23.7 Å². The first-order valence-corrected chi connectivity index (χ1v) is 9.75. The fourth-order valence-corrected chi connectivity index (χ4v) is 5.45. The third-order valence-corrected chi connectivity index (χ3v) is 6.45. The number of fused-ring (bicyclic) bond motifs is 5. The predicted octanol–water partition coefficient (Wildman–Crippen LogP) is 4.63. The molecule has 0 spiro atoms. The molecular formula is C23H23NO3. The van der Waals surface area contributed by atoms with E-state index < -0.39 is 0 Å². The van der Waals surface area contributed by atoms with Gasteiger partial charge in [-0.2, -0.15) is 0 Å². The zero-order valence-corrected chi connectivity index (χ0v) is 15.6. The molecule has 0 radical (unpaired) electrons. The number of carbonyl (C=O) groups excluding carboxylic acids is 2. The molecule has 0 N–H and O–H groups in total. The predicted molar refractivity (Wildman–Crippen MR) is 103 cm³/mol. The Bertz CT molecular complexity index is 885. The number of benzene rings is 2. The summed E-state index contributed by atoms with van der Waals surface area (Å²) in [6, 6.07) is 13.4. The molecule has 1 heterocycles.